The number of esters is 2. The van der Waals surface area contributed by atoms with Gasteiger partial charge in [0.25, 0.3) is 0 Å². The zero-order valence-corrected chi connectivity index (χ0v) is 15.6. The number of nitrogens with zero attached hydrogens (tertiary/aromatic N) is 2. The van der Waals surface area contributed by atoms with Crippen LogP contribution in [0.5, 0.6) is 0 Å². The van der Waals surface area contributed by atoms with Crippen molar-refractivity contribution in [1.82, 2.24) is 0 Å². The van der Waals surface area contributed by atoms with Crippen LogP contribution in [0.3, 0.4) is 0 Å². The summed E-state index contributed by atoms with van der Waals surface area (Å²) in [6.07, 6.45) is 0.159. The van der Waals surface area contributed by atoms with Crippen molar-refractivity contribution in [2.45, 2.75) is 22.6 Å². The Hall–Kier alpha value is -3.29. The zero-order chi connectivity index (χ0) is 19.8. The monoisotopic (exact) mass is 380 g/mol. The Labute approximate surface area is 161 Å². The smallest absolute Gasteiger partial charge is 0.309 e. The molecule has 27 heavy (non-hydrogen) atoms. The van der Waals surface area contributed by atoms with Gasteiger partial charge in [0.15, 0.2) is 0 Å². The molecule has 0 bridgehead atoms. The molecule has 2 aromatic carbocycles. The summed E-state index contributed by atoms with van der Waals surface area (Å²) in [7, 11) is 2.63. The number of ether oxygens (including phenoxy) is 2. The second-order valence-corrected chi connectivity index (χ2v) is 6.67. The summed E-state index contributed by atoms with van der Waals surface area (Å²) in [6, 6.07) is 14.4. The first-order valence-corrected chi connectivity index (χ1v) is 8.69. The Morgan fingerprint density at radius 3 is 1.89 bits per heavy atom. The Bertz CT molecular complexity index is 921. The number of nitriles is 2. The molecule has 136 valence electrons. The highest BCUT2D eigenvalue weighted by Gasteiger charge is 2.11. The maximum absolute atomic E-state index is 11.6. The van der Waals surface area contributed by atoms with Crippen LogP contribution in [0.25, 0.3) is 0 Å². The minimum Gasteiger partial charge on any atom is -0.469 e. The van der Waals surface area contributed by atoms with Gasteiger partial charge in [0, 0.05) is 9.79 Å². The lowest BCUT2D eigenvalue weighted by atomic mass is 10.1. The second-order valence-electron chi connectivity index (χ2n) is 5.52. The summed E-state index contributed by atoms with van der Waals surface area (Å²) in [5.41, 5.74) is 2.02. The lowest BCUT2D eigenvalue weighted by Crippen LogP contribution is -2.07. The number of carbonyl (C=O) groups excluding carboxylic acids is 2. The van der Waals surface area contributed by atoms with E-state index in [1.165, 1.54) is 26.0 Å². The molecular weight excluding hydrogens is 364 g/mol. The molecule has 0 aliphatic carbocycles. The Morgan fingerprint density at radius 1 is 0.852 bits per heavy atom. The minimum atomic E-state index is -0.383. The van der Waals surface area contributed by atoms with E-state index in [0.29, 0.717) is 22.3 Å². The van der Waals surface area contributed by atoms with Gasteiger partial charge in [0.1, 0.15) is 12.1 Å². The molecule has 2 rings (SSSR count). The number of carbonyl (C=O) groups is 2. The Balaban J connectivity index is 2.36. The van der Waals surface area contributed by atoms with Crippen LogP contribution < -0.4 is 0 Å². The van der Waals surface area contributed by atoms with E-state index in [1.54, 1.807) is 24.3 Å². The van der Waals surface area contributed by atoms with Crippen LogP contribution in [0, 0.1) is 22.7 Å². The van der Waals surface area contributed by atoms with Crippen molar-refractivity contribution in [2.75, 3.05) is 14.2 Å². The largest absolute Gasteiger partial charge is 0.469 e. The fourth-order valence-electron chi connectivity index (χ4n) is 2.38. The van der Waals surface area contributed by atoms with E-state index in [2.05, 4.69) is 0 Å². The maximum Gasteiger partial charge on any atom is 0.309 e. The molecule has 0 amide bonds. The lowest BCUT2D eigenvalue weighted by Gasteiger charge is -2.09. The molecule has 0 aromatic heterocycles. The predicted octanol–water partition coefficient (Wildman–Crippen LogP) is 3.01. The normalized spacial score (nSPS) is 9.78. The summed E-state index contributed by atoms with van der Waals surface area (Å²) >= 11 is 1.37. The van der Waals surface area contributed by atoms with Gasteiger partial charge in [-0.25, -0.2) is 0 Å². The van der Waals surface area contributed by atoms with Gasteiger partial charge in [-0.05, 0) is 41.5 Å². The Morgan fingerprint density at radius 2 is 1.41 bits per heavy atom. The third-order valence-electron chi connectivity index (χ3n) is 3.65. The average molecular weight is 380 g/mol. The van der Waals surface area contributed by atoms with Gasteiger partial charge in [-0.2, -0.15) is 10.5 Å². The molecular formula is C20H16N2O4S. The van der Waals surface area contributed by atoms with Gasteiger partial charge in [-0.15, -0.1) is 0 Å². The molecule has 0 aliphatic rings. The van der Waals surface area contributed by atoms with Gasteiger partial charge < -0.3 is 9.47 Å². The van der Waals surface area contributed by atoms with Crippen molar-refractivity contribution in [3.05, 3.63) is 58.7 Å². The fraction of sp³-hybridized carbons (Fsp3) is 0.200. The molecule has 0 saturated carbocycles. The molecule has 6 nitrogen and oxygen atoms in total. The van der Waals surface area contributed by atoms with E-state index in [0.717, 1.165) is 9.79 Å². The van der Waals surface area contributed by atoms with E-state index in [9.17, 15) is 9.59 Å². The number of rotatable bonds is 6. The lowest BCUT2D eigenvalue weighted by molar-refractivity contribution is -0.140. The number of methoxy groups -OCH3 is 2. The molecule has 7 heteroatoms. The predicted molar refractivity (Wildman–Crippen MR) is 97.9 cm³/mol. The minimum absolute atomic E-state index is 0.0793. The van der Waals surface area contributed by atoms with E-state index < -0.39 is 0 Å². The highest BCUT2D eigenvalue weighted by Crippen LogP contribution is 2.31. The van der Waals surface area contributed by atoms with E-state index in [-0.39, 0.29) is 24.8 Å². The first-order valence-electron chi connectivity index (χ1n) is 7.87. The van der Waals surface area contributed by atoms with E-state index in [1.807, 2.05) is 24.3 Å². The van der Waals surface area contributed by atoms with Crippen molar-refractivity contribution in [3.63, 3.8) is 0 Å². The van der Waals surface area contributed by atoms with Crippen LogP contribution in [-0.2, 0) is 31.9 Å². The quantitative estimate of drug-likeness (QED) is 0.710. The van der Waals surface area contributed by atoms with Gasteiger partial charge >= 0.3 is 11.9 Å². The molecule has 2 aromatic rings. The van der Waals surface area contributed by atoms with E-state index in [4.69, 9.17) is 20.0 Å². The van der Waals surface area contributed by atoms with Gasteiger partial charge in [-0.3, -0.25) is 9.59 Å². The molecule has 0 radical (unpaired) electrons. The summed E-state index contributed by atoms with van der Waals surface area (Å²) in [4.78, 5) is 24.8. The van der Waals surface area contributed by atoms with Crippen LogP contribution in [0.4, 0.5) is 0 Å². The van der Waals surface area contributed by atoms with Crippen molar-refractivity contribution in [2.24, 2.45) is 0 Å². The molecule has 0 aliphatic heterocycles. The van der Waals surface area contributed by atoms with Crippen LogP contribution in [0.15, 0.2) is 46.2 Å². The number of hydrogen-bond donors (Lipinski definition) is 0. The molecule has 0 heterocycles. The van der Waals surface area contributed by atoms with Crippen molar-refractivity contribution >= 4 is 23.7 Å². The van der Waals surface area contributed by atoms with Crippen molar-refractivity contribution in [1.29, 1.82) is 10.5 Å². The van der Waals surface area contributed by atoms with Crippen molar-refractivity contribution in [3.8, 4) is 12.1 Å². The fourth-order valence-corrected chi connectivity index (χ4v) is 3.39. The number of benzene rings is 2. The van der Waals surface area contributed by atoms with Gasteiger partial charge in [0.2, 0.25) is 0 Å². The summed E-state index contributed by atoms with van der Waals surface area (Å²) in [6.45, 7) is 0. The highest BCUT2D eigenvalue weighted by atomic mass is 32.2. The second kappa shape index (κ2) is 9.42. The first kappa shape index (κ1) is 20.0. The van der Waals surface area contributed by atoms with Crippen molar-refractivity contribution < 1.29 is 19.1 Å². The summed E-state index contributed by atoms with van der Waals surface area (Å²) in [5, 5.41) is 18.2. The van der Waals surface area contributed by atoms with Gasteiger partial charge in [0.05, 0.1) is 38.2 Å². The summed E-state index contributed by atoms with van der Waals surface area (Å²) < 4.78 is 9.41. The molecule has 0 saturated heterocycles. The van der Waals surface area contributed by atoms with Crippen LogP contribution >= 0.6 is 11.8 Å². The third-order valence-corrected chi connectivity index (χ3v) is 4.61. The molecule has 0 spiro atoms. The van der Waals surface area contributed by atoms with Gasteiger partial charge in [-0.1, -0.05) is 17.8 Å². The first-order chi connectivity index (χ1) is 13.0. The molecule has 0 unspecified atom stereocenters. The average Bonchev–Trinajstić information content (AvgIpc) is 2.67. The Kier molecular flexibility index (Phi) is 6.99. The van der Waals surface area contributed by atoms with E-state index >= 15 is 0 Å². The third kappa shape index (κ3) is 5.60. The maximum atomic E-state index is 11.6. The zero-order valence-electron chi connectivity index (χ0n) is 14.8. The summed E-state index contributed by atoms with van der Waals surface area (Å²) in [5.74, 6) is -0.766. The van der Waals surface area contributed by atoms with Crippen LogP contribution in [0.2, 0.25) is 0 Å². The highest BCUT2D eigenvalue weighted by molar-refractivity contribution is 7.99. The topological polar surface area (TPSA) is 100 Å². The molecule has 0 fully saturated rings. The SMILES string of the molecule is COC(=O)Cc1cc(CC(=O)OC)cc(Sc2ccc(C#N)c(C#N)c2)c1. The standard InChI is InChI=1S/C20H16N2O4S/c1-25-19(23)8-13-5-14(9-20(24)26-2)7-18(6-13)27-17-4-3-15(11-21)16(10-17)12-22/h3-7,10H,8-9H2,1-2H3. The number of hydrogen-bond acceptors (Lipinski definition) is 7. The van der Waals surface area contributed by atoms with Crippen LogP contribution in [-0.4, -0.2) is 26.2 Å². The van der Waals surface area contributed by atoms with Crippen LogP contribution in [0.1, 0.15) is 22.3 Å². The molecule has 0 atom stereocenters. The molecule has 0 N–H and O–H groups in total.